The lowest BCUT2D eigenvalue weighted by Gasteiger charge is -2.13. The van der Waals surface area contributed by atoms with E-state index in [1.165, 1.54) is 7.11 Å². The first-order valence-corrected chi connectivity index (χ1v) is 8.30. The third-order valence-electron chi connectivity index (χ3n) is 3.92. The predicted octanol–water partition coefficient (Wildman–Crippen LogP) is 2.91. The van der Waals surface area contributed by atoms with Crippen molar-refractivity contribution in [2.45, 2.75) is 25.9 Å². The van der Waals surface area contributed by atoms with Crippen LogP contribution in [0.3, 0.4) is 0 Å². The van der Waals surface area contributed by atoms with Gasteiger partial charge in [-0.1, -0.05) is 6.07 Å². The largest absolute Gasteiger partial charge is 0.465 e. The molecule has 0 spiro atoms. The molecule has 1 aromatic heterocycles. The summed E-state index contributed by atoms with van der Waals surface area (Å²) in [5.41, 5.74) is 2.08. The van der Waals surface area contributed by atoms with E-state index in [4.69, 9.17) is 9.47 Å². The highest BCUT2D eigenvalue weighted by Crippen LogP contribution is 2.19. The van der Waals surface area contributed by atoms with E-state index >= 15 is 0 Å². The molecular formula is C18H22N4O3. The molecule has 0 amide bonds. The van der Waals surface area contributed by atoms with E-state index in [2.05, 4.69) is 20.6 Å². The zero-order valence-electron chi connectivity index (χ0n) is 14.4. The highest BCUT2D eigenvalue weighted by Gasteiger charge is 2.15. The van der Waals surface area contributed by atoms with Gasteiger partial charge in [-0.2, -0.15) is 4.98 Å². The number of rotatable bonds is 6. The van der Waals surface area contributed by atoms with Crippen molar-refractivity contribution in [2.75, 3.05) is 30.9 Å². The summed E-state index contributed by atoms with van der Waals surface area (Å²) in [6.45, 7) is 3.43. The lowest BCUT2D eigenvalue weighted by Crippen LogP contribution is -2.20. The SMILES string of the molecule is COC(=O)c1cccc(Nc2cc(C)nc(NCC3CCCO3)n2)c1. The van der Waals surface area contributed by atoms with Crippen molar-refractivity contribution < 1.29 is 14.3 Å². The number of esters is 1. The molecule has 0 aliphatic carbocycles. The van der Waals surface area contributed by atoms with E-state index in [0.717, 1.165) is 30.8 Å². The Kier molecular flexibility index (Phi) is 5.45. The Balaban J connectivity index is 1.70. The Labute approximate surface area is 146 Å². The van der Waals surface area contributed by atoms with Crippen LogP contribution in [-0.4, -0.2) is 42.3 Å². The number of methoxy groups -OCH3 is 1. The molecule has 0 radical (unpaired) electrons. The van der Waals surface area contributed by atoms with Crippen molar-refractivity contribution in [3.63, 3.8) is 0 Å². The quantitative estimate of drug-likeness (QED) is 0.781. The smallest absolute Gasteiger partial charge is 0.337 e. The van der Waals surface area contributed by atoms with Crippen LogP contribution in [0, 0.1) is 6.92 Å². The van der Waals surface area contributed by atoms with E-state index in [1.807, 2.05) is 19.1 Å². The Morgan fingerprint density at radius 1 is 1.36 bits per heavy atom. The molecule has 1 atom stereocenters. The minimum Gasteiger partial charge on any atom is -0.465 e. The van der Waals surface area contributed by atoms with Gasteiger partial charge in [0.2, 0.25) is 5.95 Å². The molecule has 1 aromatic carbocycles. The summed E-state index contributed by atoms with van der Waals surface area (Å²) >= 11 is 0. The number of aryl methyl sites for hydroxylation is 1. The Bertz CT molecular complexity index is 745. The molecule has 2 heterocycles. The molecule has 1 aliphatic heterocycles. The predicted molar refractivity (Wildman–Crippen MR) is 95.3 cm³/mol. The Hall–Kier alpha value is -2.67. The standard InChI is InChI=1S/C18H22N4O3/c1-12-9-16(21-14-6-3-5-13(10-14)17(23)24-2)22-18(20-12)19-11-15-7-4-8-25-15/h3,5-6,9-10,15H,4,7-8,11H2,1-2H3,(H2,19,20,21,22). The van der Waals surface area contributed by atoms with Crippen LogP contribution in [0.4, 0.5) is 17.5 Å². The van der Waals surface area contributed by atoms with Crippen LogP contribution in [0.2, 0.25) is 0 Å². The fourth-order valence-corrected chi connectivity index (χ4v) is 2.71. The lowest BCUT2D eigenvalue weighted by atomic mass is 10.2. The molecule has 1 aliphatic rings. The Morgan fingerprint density at radius 3 is 3.00 bits per heavy atom. The molecule has 132 valence electrons. The Morgan fingerprint density at radius 2 is 2.24 bits per heavy atom. The second kappa shape index (κ2) is 7.94. The second-order valence-corrected chi connectivity index (χ2v) is 5.93. The van der Waals surface area contributed by atoms with Crippen molar-refractivity contribution in [3.05, 3.63) is 41.6 Å². The number of nitrogens with one attached hydrogen (secondary N) is 2. The molecule has 3 rings (SSSR count). The highest BCUT2D eigenvalue weighted by atomic mass is 16.5. The maximum atomic E-state index is 11.6. The first-order valence-electron chi connectivity index (χ1n) is 8.30. The summed E-state index contributed by atoms with van der Waals surface area (Å²) < 4.78 is 10.3. The molecule has 25 heavy (non-hydrogen) atoms. The average molecular weight is 342 g/mol. The van der Waals surface area contributed by atoms with E-state index in [0.29, 0.717) is 23.9 Å². The van der Waals surface area contributed by atoms with Crippen LogP contribution < -0.4 is 10.6 Å². The third-order valence-corrected chi connectivity index (χ3v) is 3.92. The number of anilines is 3. The molecule has 1 saturated heterocycles. The summed E-state index contributed by atoms with van der Waals surface area (Å²) in [6, 6.07) is 8.93. The van der Waals surface area contributed by atoms with Crippen LogP contribution in [-0.2, 0) is 9.47 Å². The molecule has 0 saturated carbocycles. The normalized spacial score (nSPS) is 16.5. The number of ether oxygens (including phenoxy) is 2. The van der Waals surface area contributed by atoms with Gasteiger partial charge in [-0.05, 0) is 38.0 Å². The van der Waals surface area contributed by atoms with Gasteiger partial charge in [0.05, 0.1) is 18.8 Å². The van der Waals surface area contributed by atoms with Gasteiger partial charge >= 0.3 is 5.97 Å². The zero-order chi connectivity index (χ0) is 17.6. The number of hydrogen-bond donors (Lipinski definition) is 2. The van der Waals surface area contributed by atoms with E-state index in [9.17, 15) is 4.79 Å². The van der Waals surface area contributed by atoms with Crippen molar-refractivity contribution in [1.82, 2.24) is 9.97 Å². The molecular weight excluding hydrogens is 320 g/mol. The lowest BCUT2D eigenvalue weighted by molar-refractivity contribution is 0.0601. The van der Waals surface area contributed by atoms with Gasteiger partial charge in [0, 0.05) is 30.6 Å². The highest BCUT2D eigenvalue weighted by molar-refractivity contribution is 5.90. The minimum atomic E-state index is -0.374. The third kappa shape index (κ3) is 4.67. The van der Waals surface area contributed by atoms with Crippen LogP contribution >= 0.6 is 0 Å². The molecule has 7 heteroatoms. The number of hydrogen-bond acceptors (Lipinski definition) is 7. The average Bonchev–Trinajstić information content (AvgIpc) is 3.12. The van der Waals surface area contributed by atoms with Gasteiger partial charge in [-0.15, -0.1) is 0 Å². The fraction of sp³-hybridized carbons (Fsp3) is 0.389. The number of carbonyl (C=O) groups excluding carboxylic acids is 1. The first kappa shape index (κ1) is 17.2. The number of nitrogens with zero attached hydrogens (tertiary/aromatic N) is 2. The van der Waals surface area contributed by atoms with Gasteiger partial charge in [0.15, 0.2) is 0 Å². The van der Waals surface area contributed by atoms with Crippen molar-refractivity contribution >= 4 is 23.4 Å². The van der Waals surface area contributed by atoms with E-state index in [-0.39, 0.29) is 12.1 Å². The molecule has 2 N–H and O–H groups in total. The molecule has 2 aromatic rings. The number of benzene rings is 1. The summed E-state index contributed by atoms with van der Waals surface area (Å²) in [7, 11) is 1.36. The topological polar surface area (TPSA) is 85.4 Å². The van der Waals surface area contributed by atoms with Crippen LogP contribution in [0.25, 0.3) is 0 Å². The summed E-state index contributed by atoms with van der Waals surface area (Å²) in [6.07, 6.45) is 2.38. The van der Waals surface area contributed by atoms with Crippen LogP contribution in [0.1, 0.15) is 28.9 Å². The van der Waals surface area contributed by atoms with Gasteiger partial charge in [0.25, 0.3) is 0 Å². The molecule has 1 fully saturated rings. The summed E-state index contributed by atoms with van der Waals surface area (Å²) in [4.78, 5) is 20.5. The van der Waals surface area contributed by atoms with Gasteiger partial charge in [0.1, 0.15) is 5.82 Å². The zero-order valence-corrected chi connectivity index (χ0v) is 14.4. The molecule has 1 unspecified atom stereocenters. The van der Waals surface area contributed by atoms with E-state index < -0.39 is 0 Å². The van der Waals surface area contributed by atoms with Crippen LogP contribution in [0.15, 0.2) is 30.3 Å². The second-order valence-electron chi connectivity index (χ2n) is 5.93. The van der Waals surface area contributed by atoms with Gasteiger partial charge in [-0.25, -0.2) is 9.78 Å². The molecule has 0 bridgehead atoms. The maximum absolute atomic E-state index is 11.6. The van der Waals surface area contributed by atoms with Crippen molar-refractivity contribution in [2.24, 2.45) is 0 Å². The maximum Gasteiger partial charge on any atom is 0.337 e. The van der Waals surface area contributed by atoms with Gasteiger partial charge < -0.3 is 20.1 Å². The summed E-state index contributed by atoms with van der Waals surface area (Å²) in [5, 5.41) is 6.43. The van der Waals surface area contributed by atoms with Crippen molar-refractivity contribution in [1.29, 1.82) is 0 Å². The number of aromatic nitrogens is 2. The monoisotopic (exact) mass is 342 g/mol. The van der Waals surface area contributed by atoms with Crippen molar-refractivity contribution in [3.8, 4) is 0 Å². The van der Waals surface area contributed by atoms with E-state index in [1.54, 1.807) is 18.2 Å². The number of carbonyl (C=O) groups is 1. The first-order chi connectivity index (χ1) is 12.1. The minimum absolute atomic E-state index is 0.220. The fourth-order valence-electron chi connectivity index (χ4n) is 2.71. The summed E-state index contributed by atoms with van der Waals surface area (Å²) in [5.74, 6) is 0.841. The van der Waals surface area contributed by atoms with Crippen LogP contribution in [0.5, 0.6) is 0 Å². The molecule has 7 nitrogen and oxygen atoms in total. The van der Waals surface area contributed by atoms with Gasteiger partial charge in [-0.3, -0.25) is 0 Å².